The lowest BCUT2D eigenvalue weighted by Crippen LogP contribution is -2.30. The van der Waals surface area contributed by atoms with E-state index < -0.39 is 0 Å². The van der Waals surface area contributed by atoms with E-state index in [1.54, 1.807) is 22.1 Å². The van der Waals surface area contributed by atoms with E-state index in [1.165, 1.54) is 11.3 Å². The van der Waals surface area contributed by atoms with Gasteiger partial charge in [-0.25, -0.2) is 4.98 Å². The number of carbonyl (C=O) groups excluding carboxylic acids is 1. The molecule has 84 valence electrons. The Kier molecular flexibility index (Phi) is 3.36. The number of carbonyl (C=O) groups is 1. The van der Waals surface area contributed by atoms with Gasteiger partial charge in [-0.15, -0.1) is 11.3 Å². The predicted molar refractivity (Wildman–Crippen MR) is 61.2 cm³/mol. The minimum atomic E-state index is -0.0554. The highest BCUT2D eigenvalue weighted by molar-refractivity contribution is 7.07. The molecule has 0 saturated carbocycles. The van der Waals surface area contributed by atoms with E-state index >= 15 is 0 Å². The van der Waals surface area contributed by atoms with Crippen LogP contribution in [0.4, 0.5) is 0 Å². The van der Waals surface area contributed by atoms with Crippen molar-refractivity contribution in [1.82, 2.24) is 9.88 Å². The summed E-state index contributed by atoms with van der Waals surface area (Å²) in [6.45, 7) is 3.06. The summed E-state index contributed by atoms with van der Waals surface area (Å²) >= 11 is 1.42. The summed E-state index contributed by atoms with van der Waals surface area (Å²) in [5.41, 5.74) is 2.16. The summed E-state index contributed by atoms with van der Waals surface area (Å²) in [6.07, 6.45) is 1.61. The van der Waals surface area contributed by atoms with E-state index in [0.717, 1.165) is 5.76 Å². The standard InChI is InChI=1S/C11H12N2O2S/c1-2-13(6-9-4-3-5-15-9)11(14)10-7-16-8-12-10/h3-5,7-8H,2,6H2,1H3. The highest BCUT2D eigenvalue weighted by Crippen LogP contribution is 2.10. The van der Waals surface area contributed by atoms with E-state index in [4.69, 9.17) is 4.42 Å². The van der Waals surface area contributed by atoms with Gasteiger partial charge in [-0.2, -0.15) is 0 Å². The summed E-state index contributed by atoms with van der Waals surface area (Å²) in [5.74, 6) is 0.727. The van der Waals surface area contributed by atoms with Gasteiger partial charge in [0.1, 0.15) is 11.5 Å². The van der Waals surface area contributed by atoms with Crippen molar-refractivity contribution in [2.24, 2.45) is 0 Å². The number of hydrogen-bond acceptors (Lipinski definition) is 4. The van der Waals surface area contributed by atoms with Crippen LogP contribution in [-0.4, -0.2) is 22.3 Å². The number of rotatable bonds is 4. The smallest absolute Gasteiger partial charge is 0.273 e. The Balaban J connectivity index is 2.08. The van der Waals surface area contributed by atoms with E-state index in [0.29, 0.717) is 18.8 Å². The number of furan rings is 1. The van der Waals surface area contributed by atoms with Gasteiger partial charge in [0.25, 0.3) is 5.91 Å². The van der Waals surface area contributed by atoms with Crippen LogP contribution in [0.25, 0.3) is 0 Å². The van der Waals surface area contributed by atoms with Gasteiger partial charge in [-0.1, -0.05) is 0 Å². The van der Waals surface area contributed by atoms with Crippen molar-refractivity contribution in [2.45, 2.75) is 13.5 Å². The molecule has 0 atom stereocenters. The molecule has 0 spiro atoms. The van der Waals surface area contributed by atoms with Crippen molar-refractivity contribution < 1.29 is 9.21 Å². The maximum absolute atomic E-state index is 12.0. The van der Waals surface area contributed by atoms with Crippen LogP contribution in [0.5, 0.6) is 0 Å². The first-order valence-corrected chi connectivity index (χ1v) is 5.95. The fourth-order valence-corrected chi connectivity index (χ4v) is 1.92. The Morgan fingerprint density at radius 1 is 1.62 bits per heavy atom. The lowest BCUT2D eigenvalue weighted by molar-refractivity contribution is 0.0736. The molecule has 0 aliphatic rings. The maximum Gasteiger partial charge on any atom is 0.273 e. The molecule has 2 rings (SSSR count). The lowest BCUT2D eigenvalue weighted by Gasteiger charge is -2.18. The van der Waals surface area contributed by atoms with E-state index in [1.807, 2.05) is 19.1 Å². The van der Waals surface area contributed by atoms with Crippen LogP contribution >= 0.6 is 11.3 Å². The van der Waals surface area contributed by atoms with Gasteiger partial charge in [0, 0.05) is 11.9 Å². The second-order valence-electron chi connectivity index (χ2n) is 3.27. The highest BCUT2D eigenvalue weighted by Gasteiger charge is 2.16. The van der Waals surface area contributed by atoms with Crippen molar-refractivity contribution in [3.05, 3.63) is 40.7 Å². The van der Waals surface area contributed by atoms with Crippen LogP contribution in [0.2, 0.25) is 0 Å². The minimum absolute atomic E-state index is 0.0554. The maximum atomic E-state index is 12.0. The molecule has 2 aromatic rings. The molecule has 0 fully saturated rings. The van der Waals surface area contributed by atoms with Gasteiger partial charge in [-0.05, 0) is 19.1 Å². The predicted octanol–water partition coefficient (Wildman–Crippen LogP) is 2.40. The number of aromatic nitrogens is 1. The molecule has 2 heterocycles. The Labute approximate surface area is 97.5 Å². The Bertz CT molecular complexity index is 437. The third-order valence-electron chi connectivity index (χ3n) is 2.25. The molecule has 0 N–H and O–H groups in total. The molecule has 0 aliphatic carbocycles. The molecule has 0 bridgehead atoms. The van der Waals surface area contributed by atoms with Crippen LogP contribution in [0.15, 0.2) is 33.7 Å². The molecular formula is C11H12N2O2S. The third kappa shape index (κ3) is 2.30. The van der Waals surface area contributed by atoms with Crippen LogP contribution in [-0.2, 0) is 6.54 Å². The minimum Gasteiger partial charge on any atom is -0.467 e. The third-order valence-corrected chi connectivity index (χ3v) is 2.83. The van der Waals surface area contributed by atoms with Gasteiger partial charge in [-0.3, -0.25) is 4.79 Å². The second-order valence-corrected chi connectivity index (χ2v) is 3.99. The fourth-order valence-electron chi connectivity index (χ4n) is 1.40. The number of amides is 1. The fraction of sp³-hybridized carbons (Fsp3) is 0.273. The molecule has 0 saturated heterocycles. The molecule has 0 aromatic carbocycles. The first-order valence-electron chi connectivity index (χ1n) is 5.01. The molecule has 16 heavy (non-hydrogen) atoms. The van der Waals surface area contributed by atoms with Gasteiger partial charge < -0.3 is 9.32 Å². The number of hydrogen-bond donors (Lipinski definition) is 0. The lowest BCUT2D eigenvalue weighted by atomic mass is 10.3. The van der Waals surface area contributed by atoms with Crippen LogP contribution < -0.4 is 0 Å². The quantitative estimate of drug-likeness (QED) is 0.818. The van der Waals surface area contributed by atoms with E-state index in [-0.39, 0.29) is 5.91 Å². The number of thiazole rings is 1. The molecule has 0 unspecified atom stereocenters. The summed E-state index contributed by atoms with van der Waals surface area (Å²) in [7, 11) is 0. The molecule has 0 aliphatic heterocycles. The first-order chi connectivity index (χ1) is 7.81. The van der Waals surface area contributed by atoms with Gasteiger partial charge in [0.2, 0.25) is 0 Å². The molecule has 4 nitrogen and oxygen atoms in total. The molecule has 0 radical (unpaired) electrons. The Hall–Kier alpha value is -1.62. The first kappa shape index (κ1) is 10.9. The van der Waals surface area contributed by atoms with Crippen LogP contribution in [0.1, 0.15) is 23.2 Å². The molecule has 1 amide bonds. The molecular weight excluding hydrogens is 224 g/mol. The molecule has 5 heteroatoms. The van der Waals surface area contributed by atoms with Crippen LogP contribution in [0.3, 0.4) is 0 Å². The molecule has 2 aromatic heterocycles. The largest absolute Gasteiger partial charge is 0.467 e. The summed E-state index contributed by atoms with van der Waals surface area (Å²) in [6, 6.07) is 3.67. The average molecular weight is 236 g/mol. The number of nitrogens with zero attached hydrogens (tertiary/aromatic N) is 2. The zero-order valence-corrected chi connectivity index (χ0v) is 9.74. The van der Waals surface area contributed by atoms with Crippen LogP contribution in [0, 0.1) is 0 Å². The summed E-state index contributed by atoms with van der Waals surface area (Å²) in [5, 5.41) is 1.76. The van der Waals surface area contributed by atoms with Crippen molar-refractivity contribution in [3.63, 3.8) is 0 Å². The zero-order chi connectivity index (χ0) is 11.4. The second kappa shape index (κ2) is 4.94. The summed E-state index contributed by atoms with van der Waals surface area (Å²) < 4.78 is 5.22. The van der Waals surface area contributed by atoms with Crippen molar-refractivity contribution in [2.75, 3.05) is 6.54 Å². The average Bonchev–Trinajstić information content (AvgIpc) is 2.97. The van der Waals surface area contributed by atoms with Gasteiger partial charge in [0.05, 0.1) is 18.3 Å². The summed E-state index contributed by atoms with van der Waals surface area (Å²) in [4.78, 5) is 17.7. The van der Waals surface area contributed by atoms with Crippen molar-refractivity contribution in [1.29, 1.82) is 0 Å². The Morgan fingerprint density at radius 2 is 2.50 bits per heavy atom. The normalized spacial score (nSPS) is 10.3. The monoisotopic (exact) mass is 236 g/mol. The van der Waals surface area contributed by atoms with E-state index in [9.17, 15) is 4.79 Å². The topological polar surface area (TPSA) is 46.3 Å². The SMILES string of the molecule is CCN(Cc1ccco1)C(=O)c1cscn1. The van der Waals surface area contributed by atoms with Gasteiger partial charge in [0.15, 0.2) is 0 Å². The highest BCUT2D eigenvalue weighted by atomic mass is 32.1. The zero-order valence-electron chi connectivity index (χ0n) is 8.92. The van der Waals surface area contributed by atoms with Gasteiger partial charge >= 0.3 is 0 Å². The van der Waals surface area contributed by atoms with Crippen molar-refractivity contribution in [3.8, 4) is 0 Å². The van der Waals surface area contributed by atoms with Crippen molar-refractivity contribution >= 4 is 17.2 Å². The Morgan fingerprint density at radius 3 is 3.06 bits per heavy atom. The van der Waals surface area contributed by atoms with E-state index in [2.05, 4.69) is 4.98 Å².